The minimum Gasteiger partial charge on any atom is -0.456 e. The van der Waals surface area contributed by atoms with Crippen molar-refractivity contribution in [3.63, 3.8) is 0 Å². The monoisotopic (exact) mass is 251 g/mol. The Balaban J connectivity index is 2.29. The van der Waals surface area contributed by atoms with Gasteiger partial charge in [-0.15, -0.1) is 0 Å². The van der Waals surface area contributed by atoms with E-state index in [1.807, 2.05) is 13.8 Å². The number of rotatable bonds is 4. The highest BCUT2D eigenvalue weighted by atomic mass is 19.1. The van der Waals surface area contributed by atoms with E-state index in [0.717, 1.165) is 5.39 Å². The number of nitrogens with two attached hydrogens (primary N) is 1. The smallest absolute Gasteiger partial charge is 0.169 e. The normalized spacial score (nSPS) is 14.1. The highest BCUT2D eigenvalue weighted by Crippen LogP contribution is 2.29. The Morgan fingerprint density at radius 1 is 1.44 bits per heavy atom. The first-order valence-electron chi connectivity index (χ1n) is 5.91. The van der Waals surface area contributed by atoms with Crippen LogP contribution in [-0.4, -0.2) is 12.7 Å². The summed E-state index contributed by atoms with van der Waals surface area (Å²) >= 11 is 0. The molecule has 0 bridgehead atoms. The maximum absolute atomic E-state index is 13.5. The molecule has 18 heavy (non-hydrogen) atoms. The van der Waals surface area contributed by atoms with E-state index in [4.69, 9.17) is 14.9 Å². The van der Waals surface area contributed by atoms with E-state index in [0.29, 0.717) is 12.2 Å². The predicted octanol–water partition coefficient (Wildman–Crippen LogP) is 3.39. The molecule has 0 aliphatic rings. The van der Waals surface area contributed by atoms with Gasteiger partial charge in [0.15, 0.2) is 11.4 Å². The van der Waals surface area contributed by atoms with Gasteiger partial charge in [0, 0.05) is 12.5 Å². The maximum Gasteiger partial charge on any atom is 0.169 e. The van der Waals surface area contributed by atoms with Crippen LogP contribution in [0.3, 0.4) is 0 Å². The summed E-state index contributed by atoms with van der Waals surface area (Å²) in [7, 11) is 1.64. The van der Waals surface area contributed by atoms with Gasteiger partial charge < -0.3 is 14.9 Å². The van der Waals surface area contributed by atoms with E-state index in [9.17, 15) is 4.39 Å². The molecule has 2 aromatic rings. The number of benzene rings is 1. The van der Waals surface area contributed by atoms with E-state index >= 15 is 0 Å². The van der Waals surface area contributed by atoms with Gasteiger partial charge in [-0.1, -0.05) is 12.1 Å². The first-order chi connectivity index (χ1) is 8.43. The molecule has 0 aliphatic heterocycles. The van der Waals surface area contributed by atoms with Gasteiger partial charge in [-0.2, -0.15) is 0 Å². The summed E-state index contributed by atoms with van der Waals surface area (Å²) in [6.45, 7) is 3.91. The fraction of sp³-hybridized carbons (Fsp3) is 0.429. The Kier molecular flexibility index (Phi) is 3.41. The predicted molar refractivity (Wildman–Crippen MR) is 68.8 cm³/mol. The zero-order valence-electron chi connectivity index (χ0n) is 10.9. The summed E-state index contributed by atoms with van der Waals surface area (Å²) in [4.78, 5) is 0. The maximum atomic E-state index is 13.5. The van der Waals surface area contributed by atoms with Gasteiger partial charge >= 0.3 is 0 Å². The van der Waals surface area contributed by atoms with Crippen molar-refractivity contribution in [3.8, 4) is 0 Å². The first kappa shape index (κ1) is 13.1. The Morgan fingerprint density at radius 3 is 2.78 bits per heavy atom. The van der Waals surface area contributed by atoms with Gasteiger partial charge in [-0.05, 0) is 32.4 Å². The minimum absolute atomic E-state index is 0.262. The summed E-state index contributed by atoms with van der Waals surface area (Å²) in [5.41, 5.74) is 6.00. The molecule has 0 saturated heterocycles. The Morgan fingerprint density at radius 2 is 2.17 bits per heavy atom. The summed E-state index contributed by atoms with van der Waals surface area (Å²) in [6, 6.07) is 6.31. The Labute approximate surface area is 106 Å². The molecule has 1 aromatic carbocycles. The van der Waals surface area contributed by atoms with Crippen LogP contribution in [0.4, 0.5) is 4.39 Å². The molecular weight excluding hydrogens is 233 g/mol. The zero-order valence-corrected chi connectivity index (χ0v) is 10.9. The number of para-hydroxylation sites is 1. The first-order valence-corrected chi connectivity index (χ1v) is 5.91. The molecule has 1 atom stereocenters. The van der Waals surface area contributed by atoms with E-state index < -0.39 is 0 Å². The van der Waals surface area contributed by atoms with Crippen LogP contribution in [0.5, 0.6) is 0 Å². The fourth-order valence-electron chi connectivity index (χ4n) is 1.94. The van der Waals surface area contributed by atoms with Crippen molar-refractivity contribution in [2.24, 2.45) is 5.73 Å². The molecule has 0 spiro atoms. The van der Waals surface area contributed by atoms with Crippen molar-refractivity contribution in [1.29, 1.82) is 0 Å². The van der Waals surface area contributed by atoms with Crippen molar-refractivity contribution < 1.29 is 13.5 Å². The van der Waals surface area contributed by atoms with Gasteiger partial charge in [0.2, 0.25) is 0 Å². The average molecular weight is 251 g/mol. The molecule has 98 valence electrons. The number of methoxy groups -OCH3 is 1. The van der Waals surface area contributed by atoms with Crippen molar-refractivity contribution in [2.75, 3.05) is 7.11 Å². The molecule has 0 fully saturated rings. The highest BCUT2D eigenvalue weighted by Gasteiger charge is 2.24. The lowest BCUT2D eigenvalue weighted by Gasteiger charge is -2.25. The van der Waals surface area contributed by atoms with Gasteiger partial charge in [-0.3, -0.25) is 0 Å². The Hall–Kier alpha value is -1.39. The van der Waals surface area contributed by atoms with Crippen molar-refractivity contribution in [1.82, 2.24) is 0 Å². The number of fused-ring (bicyclic) bond motifs is 1. The molecule has 0 radical (unpaired) electrons. The van der Waals surface area contributed by atoms with Crippen LogP contribution in [-0.2, 0) is 4.74 Å². The standard InChI is InChI=1S/C14H18FNO2/c1-14(2,17-3)8-11(16)12-7-9-5-4-6-10(15)13(9)18-12/h4-7,11H,8,16H2,1-3H3. The number of halogens is 1. The van der Waals surface area contributed by atoms with Crippen molar-refractivity contribution in [3.05, 3.63) is 35.8 Å². The quantitative estimate of drug-likeness (QED) is 0.906. The fourth-order valence-corrected chi connectivity index (χ4v) is 1.94. The van der Waals surface area contributed by atoms with E-state index in [1.54, 1.807) is 25.3 Å². The van der Waals surface area contributed by atoms with Crippen LogP contribution < -0.4 is 5.73 Å². The van der Waals surface area contributed by atoms with Crippen LogP contribution in [0.1, 0.15) is 32.1 Å². The zero-order chi connectivity index (χ0) is 13.3. The van der Waals surface area contributed by atoms with Crippen molar-refractivity contribution >= 4 is 11.0 Å². The van der Waals surface area contributed by atoms with Crippen LogP contribution in [0.15, 0.2) is 28.7 Å². The van der Waals surface area contributed by atoms with Crippen LogP contribution in [0.2, 0.25) is 0 Å². The van der Waals surface area contributed by atoms with Crippen LogP contribution in [0, 0.1) is 5.82 Å². The third-order valence-electron chi connectivity index (χ3n) is 3.14. The molecule has 2 N–H and O–H groups in total. The third-order valence-corrected chi connectivity index (χ3v) is 3.14. The molecule has 0 saturated carbocycles. The van der Waals surface area contributed by atoms with Gasteiger partial charge in [-0.25, -0.2) is 4.39 Å². The number of hydrogen-bond acceptors (Lipinski definition) is 3. The van der Waals surface area contributed by atoms with Crippen LogP contribution in [0.25, 0.3) is 11.0 Å². The molecule has 0 aliphatic carbocycles. The topological polar surface area (TPSA) is 48.4 Å². The van der Waals surface area contributed by atoms with E-state index in [1.165, 1.54) is 6.07 Å². The van der Waals surface area contributed by atoms with Gasteiger partial charge in [0.1, 0.15) is 5.76 Å². The largest absolute Gasteiger partial charge is 0.456 e. The summed E-state index contributed by atoms with van der Waals surface area (Å²) in [5, 5.41) is 0.732. The second kappa shape index (κ2) is 4.71. The van der Waals surface area contributed by atoms with Crippen molar-refractivity contribution in [2.45, 2.75) is 31.9 Å². The van der Waals surface area contributed by atoms with Gasteiger partial charge in [0.25, 0.3) is 0 Å². The molecule has 1 heterocycles. The summed E-state index contributed by atoms with van der Waals surface area (Å²) < 4.78 is 24.3. The molecule has 1 aromatic heterocycles. The van der Waals surface area contributed by atoms with E-state index in [2.05, 4.69) is 0 Å². The summed E-state index contributed by atoms with van der Waals surface area (Å²) in [6.07, 6.45) is 0.602. The second-order valence-corrected chi connectivity index (χ2v) is 5.08. The van der Waals surface area contributed by atoms with Crippen LogP contribution >= 0.6 is 0 Å². The average Bonchev–Trinajstić information content (AvgIpc) is 2.74. The SMILES string of the molecule is COC(C)(C)CC(N)c1cc2cccc(F)c2o1. The summed E-state index contributed by atoms with van der Waals surface area (Å²) in [5.74, 6) is 0.220. The lowest BCUT2D eigenvalue weighted by Crippen LogP contribution is -2.28. The molecule has 3 nitrogen and oxygen atoms in total. The van der Waals surface area contributed by atoms with Gasteiger partial charge in [0.05, 0.1) is 11.6 Å². The highest BCUT2D eigenvalue weighted by molar-refractivity contribution is 5.78. The van der Waals surface area contributed by atoms with E-state index in [-0.39, 0.29) is 23.0 Å². The lowest BCUT2D eigenvalue weighted by molar-refractivity contribution is 0.00853. The lowest BCUT2D eigenvalue weighted by atomic mass is 9.98. The Bertz CT molecular complexity index is 548. The molecule has 1 unspecified atom stereocenters. The number of hydrogen-bond donors (Lipinski definition) is 1. The third kappa shape index (κ3) is 2.54. The molecule has 0 amide bonds. The molecule has 2 rings (SSSR count). The number of ether oxygens (including phenoxy) is 1. The second-order valence-electron chi connectivity index (χ2n) is 5.08. The number of furan rings is 1. The molecular formula is C14H18FNO2. The molecule has 4 heteroatoms. The minimum atomic E-state index is -0.364.